The molecule has 0 bridgehead atoms. The largest absolute Gasteiger partial charge is 0.507 e. The van der Waals surface area contributed by atoms with Crippen LogP contribution in [0, 0.1) is 0 Å². The fraction of sp³-hybridized carbons (Fsp3) is 0.429. The molecule has 26 heavy (non-hydrogen) atoms. The molecule has 2 N–H and O–H groups in total. The van der Waals surface area contributed by atoms with E-state index in [1.54, 1.807) is 21.0 Å². The van der Waals surface area contributed by atoms with Crippen LogP contribution in [0.25, 0.3) is 10.8 Å². The van der Waals surface area contributed by atoms with Gasteiger partial charge in [0.1, 0.15) is 12.3 Å². The van der Waals surface area contributed by atoms with Gasteiger partial charge in [0.15, 0.2) is 0 Å². The van der Waals surface area contributed by atoms with Crippen LogP contribution >= 0.6 is 0 Å². The van der Waals surface area contributed by atoms with Gasteiger partial charge < -0.3 is 10.2 Å². The number of unbranched alkanes of at least 4 members (excludes halogenated alkanes) is 2. The molecule has 0 aliphatic carbocycles. The Kier molecular flexibility index (Phi) is 11.8. The molecule has 140 valence electrons. The molecular weight excluding hydrogens is 433 g/mol. The second-order valence-electron chi connectivity index (χ2n) is 6.04. The summed E-state index contributed by atoms with van der Waals surface area (Å²) in [6.07, 6.45) is 7.23. The Balaban J connectivity index is 0.000000321. The number of fused-ring (bicyclic) bond motifs is 1. The smallest absolute Gasteiger partial charge is 0.325 e. The number of rotatable bonds is 9. The first-order valence-corrected chi connectivity index (χ1v) is 13.3. The zero-order valence-corrected chi connectivity index (χ0v) is 18.6. The molecule has 0 heterocycles. The van der Waals surface area contributed by atoms with Crippen molar-refractivity contribution in [3.05, 3.63) is 42.0 Å². The van der Waals surface area contributed by atoms with E-state index in [2.05, 4.69) is 18.8 Å². The second kappa shape index (κ2) is 13.6. The molecule has 4 nitrogen and oxygen atoms in total. The monoisotopic (exact) mass is 463 g/mol. The summed E-state index contributed by atoms with van der Waals surface area (Å²) in [6.45, 7) is 4.28. The van der Waals surface area contributed by atoms with E-state index < -0.39 is 5.97 Å². The third-order valence-corrected chi connectivity index (χ3v) is 7.85. The normalized spacial score (nSPS) is 10.7. The summed E-state index contributed by atoms with van der Waals surface area (Å²) in [5, 5.41) is 20.1. The van der Waals surface area contributed by atoms with Gasteiger partial charge in [0.25, 0.3) is 0 Å². The van der Waals surface area contributed by atoms with E-state index in [0.29, 0.717) is 5.56 Å². The van der Waals surface area contributed by atoms with Crippen molar-refractivity contribution in [1.82, 2.24) is 0 Å². The van der Waals surface area contributed by atoms with E-state index in [9.17, 15) is 9.90 Å². The predicted molar refractivity (Wildman–Crippen MR) is 111 cm³/mol. The third kappa shape index (κ3) is 8.70. The van der Waals surface area contributed by atoms with Gasteiger partial charge in [0.2, 0.25) is 0 Å². The molecule has 2 rings (SSSR count). The molecule has 5 heteroatoms. The van der Waals surface area contributed by atoms with Crippen LogP contribution in [0.15, 0.2) is 41.4 Å². The summed E-state index contributed by atoms with van der Waals surface area (Å²) in [5.41, 5.74) is 0.546. The Labute approximate surface area is 166 Å². The summed E-state index contributed by atoms with van der Waals surface area (Å²) < 4.78 is 3.25. The van der Waals surface area contributed by atoms with Crippen LogP contribution in [-0.4, -0.2) is 50.1 Å². The molecule has 0 unspecified atom stereocenters. The van der Waals surface area contributed by atoms with Crippen LogP contribution in [-0.2, 0) is 4.79 Å². The number of aromatic hydroxyl groups is 1. The summed E-state index contributed by atoms with van der Waals surface area (Å²) in [6, 6.07) is 10.9. The van der Waals surface area contributed by atoms with Crippen molar-refractivity contribution >= 4 is 44.1 Å². The van der Waals surface area contributed by atoms with Crippen molar-refractivity contribution in [2.45, 2.75) is 48.4 Å². The summed E-state index contributed by atoms with van der Waals surface area (Å²) in [5.74, 6) is -0.904. The number of aliphatic carboxylic acids is 1. The van der Waals surface area contributed by atoms with Gasteiger partial charge in [0.05, 0.1) is 0 Å². The molecule has 0 amide bonds. The minimum atomic E-state index is -0.999. The number of carboxylic acids is 1. The first kappa shape index (κ1) is 22.5. The van der Waals surface area contributed by atoms with Crippen molar-refractivity contribution < 1.29 is 15.0 Å². The predicted octanol–water partition coefficient (Wildman–Crippen LogP) is 5.18. The summed E-state index contributed by atoms with van der Waals surface area (Å²) >= 11 is 0.149. The topological polar surface area (TPSA) is 69.9 Å². The standard InChI is InChI=1S/C13H11NO3.2C4H9.Sn/c15-12-6-5-9-3-1-2-4-10(9)11(12)7-14-8-13(16)17;2*1-3-4-2;/h1-7,15H,8H2,(H,16,17);2*1,3-4H2,2H3;. The van der Waals surface area contributed by atoms with E-state index >= 15 is 0 Å². The van der Waals surface area contributed by atoms with Gasteiger partial charge >= 0.3 is 75.5 Å². The molecular formula is C21H29NO3Sn. The molecule has 2 radical (unpaired) electrons. The maximum absolute atomic E-state index is 10.4. The number of nitrogens with zero attached hydrogens (tertiary/aromatic N) is 1. The number of aliphatic imine (C=N–C) groups is 1. The van der Waals surface area contributed by atoms with Crippen molar-refractivity contribution in [2.75, 3.05) is 6.54 Å². The molecule has 0 atom stereocenters. The number of phenolic OH excluding ortho intramolecular Hbond substituents is 1. The van der Waals surface area contributed by atoms with Crippen LogP contribution in [0.1, 0.15) is 45.1 Å². The number of benzene rings is 2. The number of phenols is 1. The van der Waals surface area contributed by atoms with Crippen molar-refractivity contribution in [1.29, 1.82) is 0 Å². The van der Waals surface area contributed by atoms with Gasteiger partial charge in [-0.2, -0.15) is 0 Å². The first-order valence-electron chi connectivity index (χ1n) is 9.23. The van der Waals surface area contributed by atoms with Crippen LogP contribution < -0.4 is 0 Å². The van der Waals surface area contributed by atoms with Gasteiger partial charge in [-0.3, -0.25) is 9.79 Å². The summed E-state index contributed by atoms with van der Waals surface area (Å²) in [7, 11) is 0. The van der Waals surface area contributed by atoms with E-state index in [1.165, 1.54) is 31.9 Å². The Morgan fingerprint density at radius 3 is 2.35 bits per heavy atom. The Morgan fingerprint density at radius 1 is 1.08 bits per heavy atom. The fourth-order valence-corrected chi connectivity index (χ4v) is 6.52. The quantitative estimate of drug-likeness (QED) is 0.307. The molecule has 2 aromatic carbocycles. The number of hydrogen-bond acceptors (Lipinski definition) is 3. The van der Waals surface area contributed by atoms with Gasteiger partial charge in [-0.25, -0.2) is 0 Å². The molecule has 0 aliphatic rings. The zero-order chi connectivity index (χ0) is 19.2. The van der Waals surface area contributed by atoms with E-state index in [0.717, 1.165) is 10.8 Å². The molecule has 0 fully saturated rings. The number of carboxylic acid groups (broad SMARTS) is 1. The second-order valence-corrected chi connectivity index (χ2v) is 10.3. The van der Waals surface area contributed by atoms with Gasteiger partial charge in [-0.05, 0) is 16.8 Å². The maximum atomic E-state index is 10.4. The average Bonchev–Trinajstić information content (AvgIpc) is 2.64. The number of hydrogen-bond donors (Lipinski definition) is 2. The fourth-order valence-electron chi connectivity index (χ4n) is 2.36. The molecule has 0 aliphatic heterocycles. The molecule has 0 saturated carbocycles. The Morgan fingerprint density at radius 2 is 1.73 bits per heavy atom. The maximum Gasteiger partial charge on any atom is 0.325 e. The van der Waals surface area contributed by atoms with Crippen molar-refractivity contribution in [3.8, 4) is 5.75 Å². The van der Waals surface area contributed by atoms with Crippen LogP contribution in [0.2, 0.25) is 8.87 Å². The van der Waals surface area contributed by atoms with E-state index in [1.807, 2.05) is 24.3 Å². The van der Waals surface area contributed by atoms with E-state index in [-0.39, 0.29) is 33.4 Å². The minimum absolute atomic E-state index is 0.0952. The third-order valence-electron chi connectivity index (χ3n) is 3.81. The Hall–Kier alpha value is -1.56. The summed E-state index contributed by atoms with van der Waals surface area (Å²) in [4.78, 5) is 14.1. The minimum Gasteiger partial charge on any atom is -0.507 e. The molecule has 0 spiro atoms. The van der Waals surface area contributed by atoms with Crippen molar-refractivity contribution in [2.24, 2.45) is 4.99 Å². The van der Waals surface area contributed by atoms with Crippen LogP contribution in [0.3, 0.4) is 0 Å². The van der Waals surface area contributed by atoms with Crippen LogP contribution in [0.4, 0.5) is 0 Å². The van der Waals surface area contributed by atoms with Gasteiger partial charge in [-0.15, -0.1) is 0 Å². The average molecular weight is 462 g/mol. The number of carbonyl (C=O) groups is 1. The molecule has 2 aromatic rings. The molecule has 0 saturated heterocycles. The van der Waals surface area contributed by atoms with E-state index in [4.69, 9.17) is 5.11 Å². The van der Waals surface area contributed by atoms with Crippen LogP contribution in [0.5, 0.6) is 5.75 Å². The first-order chi connectivity index (χ1) is 12.6. The Bertz CT molecular complexity index is 695. The van der Waals surface area contributed by atoms with Gasteiger partial charge in [-0.1, -0.05) is 30.3 Å². The van der Waals surface area contributed by atoms with Crippen molar-refractivity contribution in [3.63, 3.8) is 0 Å². The SMILES string of the molecule is CCC[CH2][Sn][CH2]CCC.O=C(O)CN=Cc1c(O)ccc2ccccc12. The van der Waals surface area contributed by atoms with Gasteiger partial charge in [0, 0.05) is 11.8 Å². The zero-order valence-electron chi connectivity index (χ0n) is 15.7. The molecule has 0 aromatic heterocycles.